The van der Waals surface area contributed by atoms with Gasteiger partial charge in [-0.1, -0.05) is 0 Å². The number of hydrogen-bond donors (Lipinski definition) is 2. The van der Waals surface area contributed by atoms with Crippen LogP contribution in [0.4, 0.5) is 5.82 Å². The summed E-state index contributed by atoms with van der Waals surface area (Å²) in [5.74, 6) is 1.54. The molecule has 3 aromatic heterocycles. The van der Waals surface area contributed by atoms with Crippen LogP contribution in [-0.4, -0.2) is 38.9 Å². The van der Waals surface area contributed by atoms with Crippen molar-refractivity contribution in [2.75, 3.05) is 18.0 Å². The van der Waals surface area contributed by atoms with Crippen LogP contribution in [0.2, 0.25) is 0 Å². The van der Waals surface area contributed by atoms with Crippen molar-refractivity contribution in [3.63, 3.8) is 0 Å². The van der Waals surface area contributed by atoms with Crippen molar-refractivity contribution in [2.24, 2.45) is 5.92 Å². The zero-order chi connectivity index (χ0) is 16.4. The van der Waals surface area contributed by atoms with E-state index >= 15 is 0 Å². The summed E-state index contributed by atoms with van der Waals surface area (Å²) in [7, 11) is 0. The molecule has 1 atom stereocenters. The van der Waals surface area contributed by atoms with Gasteiger partial charge in [-0.25, -0.2) is 15.0 Å². The molecule has 4 rings (SSSR count). The first-order valence-electron chi connectivity index (χ1n) is 8.00. The number of anilines is 1. The Kier molecular flexibility index (Phi) is 3.86. The Morgan fingerprint density at radius 1 is 1.42 bits per heavy atom. The van der Waals surface area contributed by atoms with Gasteiger partial charge in [0, 0.05) is 13.1 Å². The lowest BCUT2D eigenvalue weighted by atomic mass is 9.97. The Bertz CT molecular complexity index is 828. The first-order valence-corrected chi connectivity index (χ1v) is 8.00. The number of carbonyl (C=O) groups excluding carboxylic acids is 1. The first kappa shape index (κ1) is 14.7. The molecule has 0 aromatic carbocycles. The van der Waals surface area contributed by atoms with Crippen molar-refractivity contribution in [1.29, 1.82) is 0 Å². The van der Waals surface area contributed by atoms with Gasteiger partial charge in [0.1, 0.15) is 17.6 Å². The molecule has 0 bridgehead atoms. The maximum absolute atomic E-state index is 12.5. The average Bonchev–Trinajstić information content (AvgIpc) is 3.30. The molecule has 2 N–H and O–H groups in total. The van der Waals surface area contributed by atoms with Gasteiger partial charge in [0.05, 0.1) is 25.1 Å². The van der Waals surface area contributed by atoms with E-state index in [1.807, 2.05) is 12.1 Å². The summed E-state index contributed by atoms with van der Waals surface area (Å²) >= 11 is 0. The second-order valence-corrected chi connectivity index (χ2v) is 5.88. The van der Waals surface area contributed by atoms with Crippen molar-refractivity contribution in [1.82, 2.24) is 25.3 Å². The van der Waals surface area contributed by atoms with Gasteiger partial charge >= 0.3 is 0 Å². The molecule has 0 saturated carbocycles. The molecule has 0 spiro atoms. The van der Waals surface area contributed by atoms with E-state index in [1.165, 1.54) is 6.33 Å². The highest BCUT2D eigenvalue weighted by molar-refractivity contribution is 5.84. The third kappa shape index (κ3) is 2.82. The minimum atomic E-state index is -0.0679. The van der Waals surface area contributed by atoms with E-state index < -0.39 is 0 Å². The Labute approximate surface area is 138 Å². The highest BCUT2D eigenvalue weighted by atomic mass is 16.3. The summed E-state index contributed by atoms with van der Waals surface area (Å²) in [6.07, 6.45) is 6.55. The van der Waals surface area contributed by atoms with Gasteiger partial charge in [0.25, 0.3) is 0 Å². The summed E-state index contributed by atoms with van der Waals surface area (Å²) in [6.45, 7) is 1.92. The summed E-state index contributed by atoms with van der Waals surface area (Å²) in [4.78, 5) is 30.3. The zero-order valence-corrected chi connectivity index (χ0v) is 13.1. The third-order valence-corrected chi connectivity index (χ3v) is 4.31. The van der Waals surface area contributed by atoms with Gasteiger partial charge < -0.3 is 19.6 Å². The topological polar surface area (TPSA) is 99.9 Å². The van der Waals surface area contributed by atoms with E-state index in [-0.39, 0.29) is 11.8 Å². The normalized spacial score (nSPS) is 18.0. The molecule has 8 heteroatoms. The van der Waals surface area contributed by atoms with Crippen LogP contribution in [-0.2, 0) is 11.3 Å². The number of carbonyl (C=O) groups is 1. The van der Waals surface area contributed by atoms with Crippen molar-refractivity contribution in [2.45, 2.75) is 19.4 Å². The quantitative estimate of drug-likeness (QED) is 0.753. The molecule has 1 aliphatic rings. The Balaban J connectivity index is 1.45. The van der Waals surface area contributed by atoms with Crippen molar-refractivity contribution in [3.05, 3.63) is 36.8 Å². The van der Waals surface area contributed by atoms with E-state index in [2.05, 4.69) is 30.2 Å². The van der Waals surface area contributed by atoms with E-state index in [1.54, 1.807) is 12.6 Å². The number of nitrogens with one attached hydrogen (secondary N) is 2. The molecule has 0 aliphatic carbocycles. The van der Waals surface area contributed by atoms with E-state index in [0.717, 1.165) is 36.5 Å². The third-order valence-electron chi connectivity index (χ3n) is 4.31. The standard InChI is InChI=1S/C16H18N6O2/c23-16(17-7-12-4-2-6-24-12)11-3-1-5-22(8-11)15-13-14(19-9-18-13)20-10-21-15/h2,4,6,9-11H,1,3,5,7-8H2,(H,17,23)(H,18,19,20,21). The molecule has 24 heavy (non-hydrogen) atoms. The number of furan rings is 1. The van der Waals surface area contributed by atoms with E-state index in [9.17, 15) is 4.79 Å². The zero-order valence-electron chi connectivity index (χ0n) is 13.1. The van der Waals surface area contributed by atoms with Crippen LogP contribution in [0.25, 0.3) is 11.2 Å². The number of aromatic amines is 1. The second kappa shape index (κ2) is 6.31. The summed E-state index contributed by atoms with van der Waals surface area (Å²) < 4.78 is 5.25. The average molecular weight is 326 g/mol. The minimum absolute atomic E-state index is 0.0472. The number of nitrogens with zero attached hydrogens (tertiary/aromatic N) is 4. The molecule has 1 amide bonds. The molecule has 4 heterocycles. The predicted octanol–water partition coefficient (Wildman–Crippen LogP) is 1.48. The van der Waals surface area contributed by atoms with Crippen LogP contribution in [0.3, 0.4) is 0 Å². The van der Waals surface area contributed by atoms with E-state index in [4.69, 9.17) is 4.42 Å². The Morgan fingerprint density at radius 3 is 3.25 bits per heavy atom. The molecule has 8 nitrogen and oxygen atoms in total. The van der Waals surface area contributed by atoms with Gasteiger partial charge in [0.2, 0.25) is 5.91 Å². The first-order chi connectivity index (χ1) is 11.8. The van der Waals surface area contributed by atoms with Crippen LogP contribution in [0.1, 0.15) is 18.6 Å². The summed E-state index contributed by atoms with van der Waals surface area (Å²) in [6, 6.07) is 3.66. The number of aromatic nitrogens is 4. The molecule has 0 radical (unpaired) electrons. The number of piperidine rings is 1. The SMILES string of the molecule is O=C(NCc1ccco1)C1CCCN(c2ncnc3nc[nH]c23)C1. The number of amides is 1. The van der Waals surface area contributed by atoms with Crippen LogP contribution in [0, 0.1) is 5.92 Å². The molecule has 1 saturated heterocycles. The smallest absolute Gasteiger partial charge is 0.225 e. The van der Waals surface area contributed by atoms with Crippen LogP contribution < -0.4 is 10.2 Å². The predicted molar refractivity (Wildman–Crippen MR) is 87.2 cm³/mol. The van der Waals surface area contributed by atoms with Crippen molar-refractivity contribution < 1.29 is 9.21 Å². The van der Waals surface area contributed by atoms with Gasteiger partial charge in [-0.15, -0.1) is 0 Å². The largest absolute Gasteiger partial charge is 0.467 e. The number of hydrogen-bond acceptors (Lipinski definition) is 6. The Hall–Kier alpha value is -2.90. The lowest BCUT2D eigenvalue weighted by Crippen LogP contribution is -2.43. The highest BCUT2D eigenvalue weighted by Gasteiger charge is 2.27. The molecule has 1 unspecified atom stereocenters. The molecule has 1 aliphatic heterocycles. The lowest BCUT2D eigenvalue weighted by molar-refractivity contribution is -0.125. The fourth-order valence-electron chi connectivity index (χ4n) is 3.11. The van der Waals surface area contributed by atoms with Gasteiger partial charge in [-0.05, 0) is 25.0 Å². The number of fused-ring (bicyclic) bond motifs is 1. The van der Waals surface area contributed by atoms with Crippen molar-refractivity contribution in [3.8, 4) is 0 Å². The molecule has 3 aromatic rings. The molecule has 124 valence electrons. The van der Waals surface area contributed by atoms with Gasteiger partial charge in [-0.3, -0.25) is 4.79 Å². The highest BCUT2D eigenvalue weighted by Crippen LogP contribution is 2.25. The summed E-state index contributed by atoms with van der Waals surface area (Å²) in [5, 5.41) is 2.95. The summed E-state index contributed by atoms with van der Waals surface area (Å²) in [5.41, 5.74) is 1.46. The fraction of sp³-hybridized carbons (Fsp3) is 0.375. The number of rotatable bonds is 4. The maximum Gasteiger partial charge on any atom is 0.225 e. The second-order valence-electron chi connectivity index (χ2n) is 5.88. The van der Waals surface area contributed by atoms with Crippen LogP contribution in [0.15, 0.2) is 35.5 Å². The molecular formula is C16H18N6O2. The van der Waals surface area contributed by atoms with Gasteiger partial charge in [-0.2, -0.15) is 0 Å². The molecular weight excluding hydrogens is 308 g/mol. The minimum Gasteiger partial charge on any atom is -0.467 e. The van der Waals surface area contributed by atoms with Crippen molar-refractivity contribution >= 4 is 22.9 Å². The maximum atomic E-state index is 12.5. The van der Waals surface area contributed by atoms with Gasteiger partial charge in [0.15, 0.2) is 11.5 Å². The lowest BCUT2D eigenvalue weighted by Gasteiger charge is -2.32. The number of imidazole rings is 1. The number of H-pyrrole nitrogens is 1. The Morgan fingerprint density at radius 2 is 2.38 bits per heavy atom. The van der Waals surface area contributed by atoms with Crippen LogP contribution in [0.5, 0.6) is 0 Å². The van der Waals surface area contributed by atoms with E-state index in [0.29, 0.717) is 18.7 Å². The molecule has 1 fully saturated rings. The van der Waals surface area contributed by atoms with Crippen LogP contribution >= 0.6 is 0 Å². The fourth-order valence-corrected chi connectivity index (χ4v) is 3.11. The monoisotopic (exact) mass is 326 g/mol.